The van der Waals surface area contributed by atoms with Crippen LogP contribution in [0.2, 0.25) is 5.02 Å². The van der Waals surface area contributed by atoms with Crippen molar-refractivity contribution in [3.8, 4) is 0 Å². The molecule has 0 unspecified atom stereocenters. The Morgan fingerprint density at radius 2 is 1.83 bits per heavy atom. The molecule has 1 N–H and O–H groups in total. The SMILES string of the molecule is O=C(/C=C/c1ccc(N2CCCS2(=O)=O)cc1)Nc1ccc(Cl)c(C(F)(F)F)c1. The highest BCUT2D eigenvalue weighted by Gasteiger charge is 2.33. The van der Waals surface area contributed by atoms with Crippen molar-refractivity contribution in [3.05, 3.63) is 64.7 Å². The molecule has 2 aromatic rings. The fraction of sp³-hybridized carbons (Fsp3) is 0.211. The lowest BCUT2D eigenvalue weighted by molar-refractivity contribution is -0.137. The first-order valence-electron chi connectivity index (χ1n) is 8.52. The second-order valence-corrected chi connectivity index (χ2v) is 8.77. The quantitative estimate of drug-likeness (QED) is 0.703. The number of nitrogens with zero attached hydrogens (tertiary/aromatic N) is 1. The lowest BCUT2D eigenvalue weighted by atomic mass is 10.1. The molecule has 1 fully saturated rings. The number of anilines is 2. The summed E-state index contributed by atoms with van der Waals surface area (Å²) in [6, 6.07) is 9.67. The Balaban J connectivity index is 1.67. The first-order chi connectivity index (χ1) is 13.6. The standard InChI is InChI=1S/C19H16ClF3N2O3S/c20-17-8-5-14(12-16(17)19(21,22)23)24-18(26)9-4-13-2-6-15(7-3-13)25-10-1-11-29(25,27)28/h2-9,12H,1,10-11H2,(H,24,26)/b9-4+. The van der Waals surface area contributed by atoms with Crippen molar-refractivity contribution in [1.29, 1.82) is 0 Å². The number of nitrogens with one attached hydrogen (secondary N) is 1. The molecule has 0 bridgehead atoms. The predicted molar refractivity (Wildman–Crippen MR) is 106 cm³/mol. The molecule has 29 heavy (non-hydrogen) atoms. The van der Waals surface area contributed by atoms with Crippen LogP contribution >= 0.6 is 11.6 Å². The second kappa shape index (κ2) is 8.08. The summed E-state index contributed by atoms with van der Waals surface area (Å²) in [6.45, 7) is 0.431. The number of carbonyl (C=O) groups is 1. The van der Waals surface area contributed by atoms with Gasteiger partial charge in [-0.3, -0.25) is 9.10 Å². The minimum absolute atomic E-state index is 0.0361. The molecule has 1 aliphatic heterocycles. The van der Waals surface area contributed by atoms with Gasteiger partial charge in [-0.15, -0.1) is 0 Å². The molecule has 0 saturated carbocycles. The summed E-state index contributed by atoms with van der Waals surface area (Å²) < 4.78 is 63.8. The number of benzene rings is 2. The van der Waals surface area contributed by atoms with Gasteiger partial charge in [0, 0.05) is 18.3 Å². The monoisotopic (exact) mass is 444 g/mol. The highest BCUT2D eigenvalue weighted by Crippen LogP contribution is 2.36. The highest BCUT2D eigenvalue weighted by atomic mass is 35.5. The fourth-order valence-corrected chi connectivity index (χ4v) is 4.65. The van der Waals surface area contributed by atoms with Crippen molar-refractivity contribution in [1.82, 2.24) is 0 Å². The van der Waals surface area contributed by atoms with Gasteiger partial charge in [0.25, 0.3) is 0 Å². The average molecular weight is 445 g/mol. The lowest BCUT2D eigenvalue weighted by Crippen LogP contribution is -2.24. The average Bonchev–Trinajstić information content (AvgIpc) is 3.00. The predicted octanol–water partition coefficient (Wildman–Crippen LogP) is 4.55. The number of hydrogen-bond donors (Lipinski definition) is 1. The van der Waals surface area contributed by atoms with Crippen LogP contribution in [0, 0.1) is 0 Å². The van der Waals surface area contributed by atoms with E-state index in [2.05, 4.69) is 5.32 Å². The van der Waals surface area contributed by atoms with Gasteiger partial charge in [-0.05, 0) is 48.4 Å². The van der Waals surface area contributed by atoms with Crippen molar-refractivity contribution in [2.45, 2.75) is 12.6 Å². The van der Waals surface area contributed by atoms with Gasteiger partial charge in [0.1, 0.15) is 0 Å². The number of sulfonamides is 1. The van der Waals surface area contributed by atoms with Gasteiger partial charge < -0.3 is 5.32 Å². The van der Waals surface area contributed by atoms with Gasteiger partial charge >= 0.3 is 6.18 Å². The summed E-state index contributed by atoms with van der Waals surface area (Å²) in [5.74, 6) is -0.498. The van der Waals surface area contributed by atoms with Crippen LogP contribution in [-0.2, 0) is 21.0 Å². The van der Waals surface area contributed by atoms with E-state index in [1.54, 1.807) is 24.3 Å². The molecule has 154 valence electrons. The van der Waals surface area contributed by atoms with E-state index >= 15 is 0 Å². The second-order valence-electron chi connectivity index (χ2n) is 6.35. The molecule has 0 spiro atoms. The molecule has 0 radical (unpaired) electrons. The zero-order chi connectivity index (χ0) is 21.2. The van der Waals surface area contributed by atoms with Crippen molar-refractivity contribution in [2.24, 2.45) is 0 Å². The summed E-state index contributed by atoms with van der Waals surface area (Å²) in [6.07, 6.45) is -1.41. The summed E-state index contributed by atoms with van der Waals surface area (Å²) in [7, 11) is -3.27. The lowest BCUT2D eigenvalue weighted by Gasteiger charge is -2.16. The maximum atomic E-state index is 12.9. The zero-order valence-corrected chi connectivity index (χ0v) is 16.5. The van der Waals surface area contributed by atoms with Crippen LogP contribution in [0.5, 0.6) is 0 Å². The van der Waals surface area contributed by atoms with Gasteiger partial charge in [-0.25, -0.2) is 8.42 Å². The molecular formula is C19H16ClF3N2O3S. The molecule has 1 heterocycles. The summed E-state index contributed by atoms with van der Waals surface area (Å²) in [5, 5.41) is 1.89. The van der Waals surface area contributed by atoms with Crippen LogP contribution < -0.4 is 9.62 Å². The number of carbonyl (C=O) groups excluding carboxylic acids is 1. The molecule has 2 aromatic carbocycles. The third-order valence-corrected chi connectivity index (χ3v) is 6.45. The van der Waals surface area contributed by atoms with E-state index in [1.165, 1.54) is 22.5 Å². The van der Waals surface area contributed by atoms with E-state index in [9.17, 15) is 26.4 Å². The number of amides is 1. The Labute approximate surface area is 170 Å². The molecule has 5 nitrogen and oxygen atoms in total. The molecule has 1 saturated heterocycles. The zero-order valence-electron chi connectivity index (χ0n) is 14.9. The van der Waals surface area contributed by atoms with E-state index in [4.69, 9.17) is 11.6 Å². The Hall–Kier alpha value is -2.52. The van der Waals surface area contributed by atoms with E-state index in [0.29, 0.717) is 24.2 Å². The Kier molecular flexibility index (Phi) is 5.90. The summed E-state index contributed by atoms with van der Waals surface area (Å²) in [5.41, 5.74) is 0.108. The van der Waals surface area contributed by atoms with Gasteiger partial charge in [0.15, 0.2) is 0 Å². The number of hydrogen-bond acceptors (Lipinski definition) is 3. The van der Waals surface area contributed by atoms with Crippen LogP contribution in [-0.4, -0.2) is 26.6 Å². The molecular weight excluding hydrogens is 429 g/mol. The maximum Gasteiger partial charge on any atom is 0.417 e. The van der Waals surface area contributed by atoms with E-state index in [1.807, 2.05) is 0 Å². The number of alkyl halides is 3. The van der Waals surface area contributed by atoms with Crippen molar-refractivity contribution < 1.29 is 26.4 Å². The van der Waals surface area contributed by atoms with E-state index in [0.717, 1.165) is 12.1 Å². The summed E-state index contributed by atoms with van der Waals surface area (Å²) >= 11 is 5.55. The fourth-order valence-electron chi connectivity index (χ4n) is 2.86. The molecule has 1 amide bonds. The van der Waals surface area contributed by atoms with Gasteiger partial charge in [-0.2, -0.15) is 13.2 Å². The van der Waals surface area contributed by atoms with Gasteiger partial charge in [0.2, 0.25) is 15.9 Å². The maximum absolute atomic E-state index is 12.9. The van der Waals surface area contributed by atoms with Crippen LogP contribution in [0.15, 0.2) is 48.5 Å². The first-order valence-corrected chi connectivity index (χ1v) is 10.5. The van der Waals surface area contributed by atoms with Crippen molar-refractivity contribution >= 4 is 45.0 Å². The minimum Gasteiger partial charge on any atom is -0.322 e. The highest BCUT2D eigenvalue weighted by molar-refractivity contribution is 7.93. The third kappa shape index (κ3) is 5.10. The van der Waals surface area contributed by atoms with Crippen LogP contribution in [0.25, 0.3) is 6.08 Å². The Bertz CT molecular complexity index is 1050. The smallest absolute Gasteiger partial charge is 0.322 e. The van der Waals surface area contributed by atoms with E-state index < -0.39 is 32.7 Å². The van der Waals surface area contributed by atoms with Gasteiger partial charge in [-0.1, -0.05) is 23.7 Å². The van der Waals surface area contributed by atoms with Crippen molar-refractivity contribution in [2.75, 3.05) is 21.9 Å². The molecule has 0 aliphatic carbocycles. The molecule has 0 aromatic heterocycles. The summed E-state index contributed by atoms with van der Waals surface area (Å²) in [4.78, 5) is 12.0. The Morgan fingerprint density at radius 3 is 2.41 bits per heavy atom. The molecule has 1 aliphatic rings. The largest absolute Gasteiger partial charge is 0.417 e. The number of rotatable bonds is 4. The van der Waals surface area contributed by atoms with Crippen LogP contribution in [0.1, 0.15) is 17.5 Å². The number of halogens is 4. The third-order valence-electron chi connectivity index (χ3n) is 4.25. The molecule has 10 heteroatoms. The molecule has 3 rings (SSSR count). The first kappa shape index (κ1) is 21.2. The van der Waals surface area contributed by atoms with Gasteiger partial charge in [0.05, 0.1) is 22.0 Å². The normalized spacial score (nSPS) is 16.3. The van der Waals surface area contributed by atoms with Crippen molar-refractivity contribution in [3.63, 3.8) is 0 Å². The van der Waals surface area contributed by atoms with Crippen LogP contribution in [0.4, 0.5) is 24.5 Å². The molecule has 0 atom stereocenters. The van der Waals surface area contributed by atoms with E-state index in [-0.39, 0.29) is 11.4 Å². The topological polar surface area (TPSA) is 66.5 Å². The Morgan fingerprint density at radius 1 is 1.14 bits per heavy atom. The van der Waals surface area contributed by atoms with Crippen LogP contribution in [0.3, 0.4) is 0 Å². The minimum atomic E-state index is -4.63.